The molecule has 0 fully saturated rings. The molecule has 0 aliphatic heterocycles. The highest BCUT2D eigenvalue weighted by molar-refractivity contribution is 9.10. The molecule has 1 aromatic heterocycles. The van der Waals surface area contributed by atoms with Crippen LogP contribution in [0.5, 0.6) is 0 Å². The van der Waals surface area contributed by atoms with Crippen molar-refractivity contribution >= 4 is 15.9 Å². The normalized spacial score (nSPS) is 12.6. The summed E-state index contributed by atoms with van der Waals surface area (Å²) in [5.74, 6) is 0. The zero-order valence-corrected chi connectivity index (χ0v) is 10.7. The summed E-state index contributed by atoms with van der Waals surface area (Å²) in [6.07, 6.45) is 3.74. The van der Waals surface area contributed by atoms with Gasteiger partial charge in [-0.3, -0.25) is 5.10 Å². The number of halogens is 1. The molecular weight excluding hydrogens is 266 g/mol. The molecule has 3 nitrogen and oxygen atoms in total. The Kier molecular flexibility index (Phi) is 3.74. The van der Waals surface area contributed by atoms with Crippen molar-refractivity contribution in [3.63, 3.8) is 0 Å². The summed E-state index contributed by atoms with van der Waals surface area (Å²) in [7, 11) is 0. The Bertz CT molecular complexity index is 439. The second kappa shape index (κ2) is 5.27. The topological polar surface area (TPSA) is 40.7 Å². The van der Waals surface area contributed by atoms with Crippen molar-refractivity contribution in [1.29, 1.82) is 0 Å². The average Bonchev–Trinajstić information content (AvgIpc) is 2.78. The van der Waals surface area contributed by atoms with Gasteiger partial charge in [-0.05, 0) is 24.6 Å². The Labute approximate surface area is 103 Å². The zero-order chi connectivity index (χ0) is 11.4. The Morgan fingerprint density at radius 1 is 1.50 bits per heavy atom. The maximum absolute atomic E-state index is 3.91. The van der Waals surface area contributed by atoms with Gasteiger partial charge in [-0.25, -0.2) is 0 Å². The summed E-state index contributed by atoms with van der Waals surface area (Å²) in [6, 6.07) is 8.67. The molecule has 0 amide bonds. The largest absolute Gasteiger partial charge is 0.306 e. The average molecular weight is 280 g/mol. The van der Waals surface area contributed by atoms with E-state index in [4.69, 9.17) is 0 Å². The predicted molar refractivity (Wildman–Crippen MR) is 68.0 cm³/mol. The van der Waals surface area contributed by atoms with E-state index in [2.05, 4.69) is 56.6 Å². The molecule has 1 aromatic carbocycles. The standard InChI is InChI=1S/C12H14BrN3/c1-9(11-3-2-4-12(13)5-11)14-6-10-7-15-16-8-10/h2-5,7-9,14H,6H2,1H3,(H,15,16). The quantitative estimate of drug-likeness (QED) is 0.903. The summed E-state index contributed by atoms with van der Waals surface area (Å²) in [6.45, 7) is 2.98. The SMILES string of the molecule is CC(NCc1cn[nH]c1)c1cccc(Br)c1. The van der Waals surface area contributed by atoms with E-state index in [1.807, 2.05) is 18.5 Å². The Balaban J connectivity index is 1.95. The third-order valence-corrected chi connectivity index (χ3v) is 3.01. The van der Waals surface area contributed by atoms with E-state index in [0.717, 1.165) is 11.0 Å². The van der Waals surface area contributed by atoms with Crippen molar-refractivity contribution in [1.82, 2.24) is 15.5 Å². The van der Waals surface area contributed by atoms with Gasteiger partial charge in [0.1, 0.15) is 0 Å². The van der Waals surface area contributed by atoms with E-state index in [9.17, 15) is 0 Å². The molecule has 0 bridgehead atoms. The van der Waals surface area contributed by atoms with Crippen LogP contribution in [0.25, 0.3) is 0 Å². The van der Waals surface area contributed by atoms with Gasteiger partial charge < -0.3 is 5.32 Å². The molecule has 1 atom stereocenters. The van der Waals surface area contributed by atoms with Crippen molar-refractivity contribution in [2.24, 2.45) is 0 Å². The Hall–Kier alpha value is -1.13. The monoisotopic (exact) mass is 279 g/mol. The Morgan fingerprint density at radius 3 is 3.06 bits per heavy atom. The van der Waals surface area contributed by atoms with Crippen LogP contribution < -0.4 is 5.32 Å². The van der Waals surface area contributed by atoms with Crippen LogP contribution in [-0.4, -0.2) is 10.2 Å². The summed E-state index contributed by atoms with van der Waals surface area (Å²) in [4.78, 5) is 0. The molecule has 0 saturated heterocycles. The summed E-state index contributed by atoms with van der Waals surface area (Å²) >= 11 is 3.48. The molecule has 0 radical (unpaired) electrons. The highest BCUT2D eigenvalue weighted by Gasteiger charge is 2.05. The summed E-state index contributed by atoms with van der Waals surface area (Å²) < 4.78 is 1.11. The highest BCUT2D eigenvalue weighted by atomic mass is 79.9. The molecular formula is C12H14BrN3. The van der Waals surface area contributed by atoms with Crippen LogP contribution in [0.2, 0.25) is 0 Å². The van der Waals surface area contributed by atoms with E-state index in [1.165, 1.54) is 11.1 Å². The van der Waals surface area contributed by atoms with Crippen LogP contribution >= 0.6 is 15.9 Å². The van der Waals surface area contributed by atoms with Crippen molar-refractivity contribution in [3.05, 3.63) is 52.3 Å². The first-order chi connectivity index (χ1) is 7.75. The van der Waals surface area contributed by atoms with Gasteiger partial charge in [-0.1, -0.05) is 28.1 Å². The van der Waals surface area contributed by atoms with Crippen LogP contribution in [0.3, 0.4) is 0 Å². The molecule has 2 aromatic rings. The molecule has 1 unspecified atom stereocenters. The first-order valence-electron chi connectivity index (χ1n) is 5.22. The number of rotatable bonds is 4. The number of benzene rings is 1. The molecule has 16 heavy (non-hydrogen) atoms. The van der Waals surface area contributed by atoms with Crippen molar-refractivity contribution in [2.45, 2.75) is 19.5 Å². The van der Waals surface area contributed by atoms with E-state index >= 15 is 0 Å². The lowest BCUT2D eigenvalue weighted by molar-refractivity contribution is 0.574. The zero-order valence-electron chi connectivity index (χ0n) is 9.07. The number of nitrogens with one attached hydrogen (secondary N) is 2. The van der Waals surface area contributed by atoms with Gasteiger partial charge in [0.15, 0.2) is 0 Å². The lowest BCUT2D eigenvalue weighted by Gasteiger charge is -2.13. The minimum absolute atomic E-state index is 0.326. The van der Waals surface area contributed by atoms with Crippen molar-refractivity contribution < 1.29 is 0 Å². The molecule has 0 saturated carbocycles. The second-order valence-electron chi connectivity index (χ2n) is 3.76. The van der Waals surface area contributed by atoms with Crippen LogP contribution in [-0.2, 0) is 6.54 Å². The lowest BCUT2D eigenvalue weighted by Crippen LogP contribution is -2.17. The first-order valence-corrected chi connectivity index (χ1v) is 6.01. The van der Waals surface area contributed by atoms with Crippen LogP contribution in [0.1, 0.15) is 24.1 Å². The maximum atomic E-state index is 3.91. The molecule has 2 N–H and O–H groups in total. The third-order valence-electron chi connectivity index (χ3n) is 2.52. The lowest BCUT2D eigenvalue weighted by atomic mass is 10.1. The molecule has 84 valence electrons. The smallest absolute Gasteiger partial charge is 0.0532 e. The number of nitrogens with zero attached hydrogens (tertiary/aromatic N) is 1. The minimum Gasteiger partial charge on any atom is -0.306 e. The number of hydrogen-bond donors (Lipinski definition) is 2. The van der Waals surface area contributed by atoms with E-state index < -0.39 is 0 Å². The summed E-state index contributed by atoms with van der Waals surface area (Å²) in [5, 5.41) is 10.2. The van der Waals surface area contributed by atoms with Gasteiger partial charge in [0.25, 0.3) is 0 Å². The van der Waals surface area contributed by atoms with Crippen LogP contribution in [0.15, 0.2) is 41.1 Å². The molecule has 0 spiro atoms. The van der Waals surface area contributed by atoms with E-state index in [-0.39, 0.29) is 0 Å². The van der Waals surface area contributed by atoms with Crippen LogP contribution in [0.4, 0.5) is 0 Å². The predicted octanol–water partition coefficient (Wildman–Crippen LogP) is 3.02. The number of hydrogen-bond acceptors (Lipinski definition) is 2. The molecule has 0 aliphatic rings. The number of aromatic nitrogens is 2. The molecule has 1 heterocycles. The van der Waals surface area contributed by atoms with E-state index in [0.29, 0.717) is 6.04 Å². The van der Waals surface area contributed by atoms with Gasteiger partial charge in [0.05, 0.1) is 6.20 Å². The molecule has 0 aliphatic carbocycles. The van der Waals surface area contributed by atoms with Gasteiger partial charge in [0, 0.05) is 28.8 Å². The molecule has 2 rings (SSSR count). The summed E-state index contributed by atoms with van der Waals surface area (Å²) in [5.41, 5.74) is 2.44. The van der Waals surface area contributed by atoms with Gasteiger partial charge in [-0.15, -0.1) is 0 Å². The fraction of sp³-hybridized carbons (Fsp3) is 0.250. The second-order valence-corrected chi connectivity index (χ2v) is 4.68. The number of aromatic amines is 1. The maximum Gasteiger partial charge on any atom is 0.0532 e. The van der Waals surface area contributed by atoms with Crippen molar-refractivity contribution in [2.75, 3.05) is 0 Å². The fourth-order valence-corrected chi connectivity index (χ4v) is 1.96. The van der Waals surface area contributed by atoms with E-state index in [1.54, 1.807) is 0 Å². The highest BCUT2D eigenvalue weighted by Crippen LogP contribution is 2.18. The minimum atomic E-state index is 0.326. The van der Waals surface area contributed by atoms with Gasteiger partial charge in [0.2, 0.25) is 0 Å². The van der Waals surface area contributed by atoms with Crippen LogP contribution in [0, 0.1) is 0 Å². The van der Waals surface area contributed by atoms with Gasteiger partial charge in [-0.2, -0.15) is 5.10 Å². The molecule has 4 heteroatoms. The fourth-order valence-electron chi connectivity index (χ4n) is 1.54. The Morgan fingerprint density at radius 2 is 2.38 bits per heavy atom. The van der Waals surface area contributed by atoms with Crippen molar-refractivity contribution in [3.8, 4) is 0 Å². The number of H-pyrrole nitrogens is 1. The van der Waals surface area contributed by atoms with Gasteiger partial charge >= 0.3 is 0 Å². The first kappa shape index (κ1) is 11.4. The third kappa shape index (κ3) is 2.93.